The first kappa shape index (κ1) is 27.5. The minimum atomic E-state index is -0.925. The van der Waals surface area contributed by atoms with Crippen molar-refractivity contribution >= 4 is 51.5 Å². The fourth-order valence-electron chi connectivity index (χ4n) is 3.77. The lowest BCUT2D eigenvalue weighted by molar-refractivity contribution is -0.122. The number of urea groups is 1. The van der Waals surface area contributed by atoms with E-state index in [1.807, 2.05) is 0 Å². The summed E-state index contributed by atoms with van der Waals surface area (Å²) in [7, 11) is 1.42. The third kappa shape index (κ3) is 6.15. The van der Waals surface area contributed by atoms with Crippen molar-refractivity contribution < 1.29 is 37.8 Å². The summed E-state index contributed by atoms with van der Waals surface area (Å²) < 4.78 is 30.1. The number of hydrogen-bond donors (Lipinski definition) is 1. The second kappa shape index (κ2) is 11.9. The van der Waals surface area contributed by atoms with Crippen molar-refractivity contribution in [3.05, 3.63) is 93.2 Å². The number of carbonyl (C=O) groups is 4. The average Bonchev–Trinajstić information content (AvgIpc) is 2.90. The van der Waals surface area contributed by atoms with E-state index in [0.29, 0.717) is 27.1 Å². The van der Waals surface area contributed by atoms with Crippen LogP contribution in [0.3, 0.4) is 0 Å². The van der Waals surface area contributed by atoms with Gasteiger partial charge in [-0.1, -0.05) is 12.1 Å². The van der Waals surface area contributed by atoms with Crippen LogP contribution in [0.5, 0.6) is 11.5 Å². The number of nitrogens with zero attached hydrogens (tertiary/aromatic N) is 1. The molecule has 39 heavy (non-hydrogen) atoms. The molecule has 4 rings (SSSR count). The number of nitrogens with one attached hydrogen (secondary N) is 1. The minimum absolute atomic E-state index is 0.0695. The second-order valence-corrected chi connectivity index (χ2v) is 9.03. The summed E-state index contributed by atoms with van der Waals surface area (Å²) in [5.41, 5.74) is 1.12. The molecular weight excluding hydrogens is 575 g/mol. The van der Waals surface area contributed by atoms with Gasteiger partial charge in [0.25, 0.3) is 11.8 Å². The fraction of sp³-hybridized carbons (Fsp3) is 0.143. The number of carbonyl (C=O) groups excluding carboxylic acids is 4. The molecule has 11 heteroatoms. The molecule has 0 atom stereocenters. The Morgan fingerprint density at radius 1 is 1.08 bits per heavy atom. The molecule has 0 unspecified atom stereocenters. The first-order valence-corrected chi connectivity index (χ1v) is 12.4. The number of anilines is 1. The van der Waals surface area contributed by atoms with E-state index in [1.165, 1.54) is 49.6 Å². The maximum Gasteiger partial charge on any atom is 0.338 e. The van der Waals surface area contributed by atoms with Crippen molar-refractivity contribution in [3.8, 4) is 11.5 Å². The number of rotatable bonds is 8. The van der Waals surface area contributed by atoms with E-state index in [1.54, 1.807) is 31.2 Å². The second-order valence-electron chi connectivity index (χ2n) is 8.18. The maximum absolute atomic E-state index is 13.5. The highest BCUT2D eigenvalue weighted by atomic mass is 79.9. The molecule has 3 aromatic carbocycles. The van der Waals surface area contributed by atoms with Crippen molar-refractivity contribution in [2.75, 3.05) is 18.6 Å². The summed E-state index contributed by atoms with van der Waals surface area (Å²) in [5, 5.41) is 2.15. The molecule has 0 aliphatic carbocycles. The predicted molar refractivity (Wildman–Crippen MR) is 143 cm³/mol. The van der Waals surface area contributed by atoms with Gasteiger partial charge < -0.3 is 14.2 Å². The summed E-state index contributed by atoms with van der Waals surface area (Å²) in [6, 6.07) is 13.8. The number of halogens is 2. The van der Waals surface area contributed by atoms with Crippen molar-refractivity contribution in [1.29, 1.82) is 0 Å². The van der Waals surface area contributed by atoms with Gasteiger partial charge in [0.1, 0.15) is 18.0 Å². The lowest BCUT2D eigenvalue weighted by Crippen LogP contribution is -2.54. The number of methoxy groups -OCH3 is 1. The quantitative estimate of drug-likeness (QED) is 0.221. The van der Waals surface area contributed by atoms with E-state index in [0.717, 1.165) is 4.90 Å². The molecule has 0 spiro atoms. The van der Waals surface area contributed by atoms with Crippen LogP contribution in [0.25, 0.3) is 6.08 Å². The fourth-order valence-corrected chi connectivity index (χ4v) is 4.34. The summed E-state index contributed by atoms with van der Waals surface area (Å²) >= 11 is 3.41. The number of ether oxygens (including phenoxy) is 3. The van der Waals surface area contributed by atoms with Gasteiger partial charge in [0.2, 0.25) is 0 Å². The highest BCUT2D eigenvalue weighted by Crippen LogP contribution is 2.38. The van der Waals surface area contributed by atoms with Gasteiger partial charge in [0.05, 0.1) is 29.4 Å². The van der Waals surface area contributed by atoms with Crippen LogP contribution >= 0.6 is 15.9 Å². The van der Waals surface area contributed by atoms with E-state index in [2.05, 4.69) is 21.2 Å². The van der Waals surface area contributed by atoms with Crippen molar-refractivity contribution in [2.45, 2.75) is 13.5 Å². The Labute approximate surface area is 231 Å². The lowest BCUT2D eigenvalue weighted by Gasteiger charge is -2.26. The number of benzene rings is 3. The molecule has 1 aliphatic rings. The molecule has 1 fully saturated rings. The summed E-state index contributed by atoms with van der Waals surface area (Å²) in [6.45, 7) is 1.94. The Hall–Kier alpha value is -4.51. The summed E-state index contributed by atoms with van der Waals surface area (Å²) in [4.78, 5) is 51.1. The molecule has 3 aromatic rings. The lowest BCUT2D eigenvalue weighted by atomic mass is 10.1. The third-order valence-corrected chi connectivity index (χ3v) is 6.16. The minimum Gasteiger partial charge on any atom is -0.493 e. The van der Waals surface area contributed by atoms with E-state index < -0.39 is 23.8 Å². The smallest absolute Gasteiger partial charge is 0.338 e. The monoisotopic (exact) mass is 596 g/mol. The zero-order chi connectivity index (χ0) is 28.1. The molecule has 200 valence electrons. The number of imide groups is 2. The molecule has 1 heterocycles. The topological polar surface area (TPSA) is 111 Å². The Morgan fingerprint density at radius 3 is 2.49 bits per heavy atom. The number of hydrogen-bond acceptors (Lipinski definition) is 7. The highest BCUT2D eigenvalue weighted by molar-refractivity contribution is 9.10. The Kier molecular flexibility index (Phi) is 8.40. The molecule has 9 nitrogen and oxygen atoms in total. The van der Waals surface area contributed by atoms with Gasteiger partial charge in [-0.25, -0.2) is 18.9 Å². The normalized spacial score (nSPS) is 14.3. The molecule has 1 N–H and O–H groups in total. The molecule has 0 radical (unpaired) electrons. The van der Waals surface area contributed by atoms with Gasteiger partial charge in [-0.2, -0.15) is 0 Å². The van der Waals surface area contributed by atoms with E-state index in [-0.39, 0.29) is 35.9 Å². The Balaban J connectivity index is 1.60. The molecular formula is C28H22BrFN2O7. The maximum atomic E-state index is 13.5. The largest absolute Gasteiger partial charge is 0.493 e. The van der Waals surface area contributed by atoms with Crippen LogP contribution in [0.2, 0.25) is 0 Å². The van der Waals surface area contributed by atoms with Gasteiger partial charge in [-0.15, -0.1) is 0 Å². The molecule has 0 saturated carbocycles. The number of barbiturate groups is 1. The van der Waals surface area contributed by atoms with Crippen molar-refractivity contribution in [2.24, 2.45) is 0 Å². The van der Waals surface area contributed by atoms with Gasteiger partial charge >= 0.3 is 12.0 Å². The first-order valence-electron chi connectivity index (χ1n) is 11.6. The number of amides is 4. The molecule has 0 bridgehead atoms. The van der Waals surface area contributed by atoms with Crippen molar-refractivity contribution in [1.82, 2.24) is 5.32 Å². The summed E-state index contributed by atoms with van der Waals surface area (Å²) in [5.74, 6) is -2.03. The predicted octanol–water partition coefficient (Wildman–Crippen LogP) is 5.02. The Morgan fingerprint density at radius 2 is 1.82 bits per heavy atom. The zero-order valence-corrected chi connectivity index (χ0v) is 22.4. The zero-order valence-electron chi connectivity index (χ0n) is 20.8. The van der Waals surface area contributed by atoms with Crippen LogP contribution in [0.15, 0.2) is 70.7 Å². The van der Waals surface area contributed by atoms with Crippen LogP contribution in [0.1, 0.15) is 28.4 Å². The van der Waals surface area contributed by atoms with Gasteiger partial charge in [0.15, 0.2) is 11.5 Å². The van der Waals surface area contributed by atoms with Gasteiger partial charge in [-0.3, -0.25) is 14.9 Å². The molecule has 1 aliphatic heterocycles. The standard InChI is InChI=1S/C28H22BrFN2O7/c1-3-38-27(35)18-7-9-20(10-8-18)32-26(34)21(25(33)31-28(32)36)12-17-13-22(29)24(23(14-17)37-2)39-15-16-5-4-6-19(30)11-16/h4-14H,3,15H2,1-2H3,(H,31,33,36)/b21-12+. The number of esters is 1. The van der Waals surface area contributed by atoms with E-state index >= 15 is 0 Å². The summed E-state index contributed by atoms with van der Waals surface area (Å²) in [6.07, 6.45) is 1.31. The van der Waals surface area contributed by atoms with Gasteiger partial charge in [0, 0.05) is 0 Å². The van der Waals surface area contributed by atoms with E-state index in [4.69, 9.17) is 14.2 Å². The van der Waals surface area contributed by atoms with Crippen LogP contribution in [0, 0.1) is 5.82 Å². The van der Waals surface area contributed by atoms with E-state index in [9.17, 15) is 23.6 Å². The van der Waals surface area contributed by atoms with Crippen LogP contribution in [0.4, 0.5) is 14.9 Å². The highest BCUT2D eigenvalue weighted by Gasteiger charge is 2.37. The van der Waals surface area contributed by atoms with Gasteiger partial charge in [-0.05, 0) is 88.6 Å². The molecule has 0 aromatic heterocycles. The average molecular weight is 597 g/mol. The van der Waals surface area contributed by atoms with Crippen LogP contribution in [-0.4, -0.2) is 37.5 Å². The Bertz CT molecular complexity index is 1490. The van der Waals surface area contributed by atoms with Crippen molar-refractivity contribution in [3.63, 3.8) is 0 Å². The molecule has 4 amide bonds. The first-order chi connectivity index (χ1) is 18.7. The molecule has 1 saturated heterocycles. The SMILES string of the molecule is CCOC(=O)c1ccc(N2C(=O)NC(=O)/C(=C\c3cc(Br)c(OCc4cccc(F)c4)c(OC)c3)C2=O)cc1. The van der Waals surface area contributed by atoms with Crippen LogP contribution < -0.4 is 19.7 Å². The van der Waals surface area contributed by atoms with Crippen LogP contribution in [-0.2, 0) is 20.9 Å². The third-order valence-electron chi connectivity index (χ3n) is 5.57.